The Morgan fingerprint density at radius 1 is 1.44 bits per heavy atom. The van der Waals surface area contributed by atoms with E-state index in [1.54, 1.807) is 4.90 Å². The quantitative estimate of drug-likeness (QED) is 0.765. The molecule has 0 N–H and O–H groups in total. The lowest BCUT2D eigenvalue weighted by molar-refractivity contribution is 0.00215. The topological polar surface area (TPSA) is 29.5 Å². The number of hydrogen-bond acceptors (Lipinski definition) is 3. The molecule has 1 aliphatic rings. The molecular weight excluding hydrogens is 222 g/mol. The lowest BCUT2D eigenvalue weighted by atomic mass is 10.0. The van der Waals surface area contributed by atoms with E-state index in [9.17, 15) is 4.79 Å². The Balaban J connectivity index is 2.18. The molecule has 0 spiro atoms. The summed E-state index contributed by atoms with van der Waals surface area (Å²) >= 11 is 1.96. The standard InChI is InChI=1S/C12H23NO2S/c1-9(2)16-8-10-6-13(7-10)11(14)15-12(3,4)5/h9-10H,6-8H2,1-5H3. The summed E-state index contributed by atoms with van der Waals surface area (Å²) in [5.41, 5.74) is -0.380. The highest BCUT2D eigenvalue weighted by Crippen LogP contribution is 2.24. The minimum Gasteiger partial charge on any atom is -0.444 e. The monoisotopic (exact) mass is 245 g/mol. The van der Waals surface area contributed by atoms with Crippen LogP contribution in [0, 0.1) is 5.92 Å². The minimum atomic E-state index is -0.380. The van der Waals surface area contributed by atoms with Crippen molar-refractivity contribution in [1.82, 2.24) is 4.90 Å². The van der Waals surface area contributed by atoms with Crippen molar-refractivity contribution in [1.29, 1.82) is 0 Å². The highest BCUT2D eigenvalue weighted by atomic mass is 32.2. The molecule has 0 aromatic heterocycles. The summed E-state index contributed by atoms with van der Waals surface area (Å²) in [6, 6.07) is 0. The smallest absolute Gasteiger partial charge is 0.410 e. The van der Waals surface area contributed by atoms with Gasteiger partial charge in [0.15, 0.2) is 0 Å². The largest absolute Gasteiger partial charge is 0.444 e. The zero-order valence-electron chi connectivity index (χ0n) is 10.9. The molecule has 3 nitrogen and oxygen atoms in total. The molecule has 94 valence electrons. The average molecular weight is 245 g/mol. The molecule has 0 aromatic rings. The first-order valence-electron chi connectivity index (χ1n) is 5.87. The van der Waals surface area contributed by atoms with Crippen LogP contribution in [-0.4, -0.2) is 40.7 Å². The van der Waals surface area contributed by atoms with Crippen molar-refractivity contribution in [2.45, 2.75) is 45.5 Å². The Kier molecular flexibility index (Phi) is 4.53. The van der Waals surface area contributed by atoms with Crippen LogP contribution < -0.4 is 0 Å². The van der Waals surface area contributed by atoms with E-state index in [1.165, 1.54) is 0 Å². The van der Waals surface area contributed by atoms with Crippen molar-refractivity contribution < 1.29 is 9.53 Å². The third kappa shape index (κ3) is 4.64. The van der Waals surface area contributed by atoms with Crippen LogP contribution in [0.15, 0.2) is 0 Å². The van der Waals surface area contributed by atoms with Crippen LogP contribution in [0.5, 0.6) is 0 Å². The van der Waals surface area contributed by atoms with Crippen molar-refractivity contribution in [3.63, 3.8) is 0 Å². The second-order valence-electron chi connectivity index (χ2n) is 5.63. The summed E-state index contributed by atoms with van der Waals surface area (Å²) in [6.45, 7) is 11.8. The van der Waals surface area contributed by atoms with Gasteiger partial charge in [0.1, 0.15) is 5.60 Å². The molecule has 0 unspecified atom stereocenters. The third-order valence-electron chi connectivity index (χ3n) is 2.27. The molecular formula is C12H23NO2S. The van der Waals surface area contributed by atoms with Crippen molar-refractivity contribution in [2.24, 2.45) is 5.92 Å². The van der Waals surface area contributed by atoms with Gasteiger partial charge in [-0.25, -0.2) is 4.79 Å². The molecule has 1 fully saturated rings. The Bertz CT molecular complexity index is 242. The average Bonchev–Trinajstić information content (AvgIpc) is 1.96. The number of rotatable bonds is 3. The summed E-state index contributed by atoms with van der Waals surface area (Å²) in [6.07, 6.45) is -0.168. The van der Waals surface area contributed by atoms with Crippen LogP contribution in [0.1, 0.15) is 34.6 Å². The molecule has 0 atom stereocenters. The second kappa shape index (κ2) is 5.30. The van der Waals surface area contributed by atoms with E-state index in [2.05, 4.69) is 13.8 Å². The first-order chi connectivity index (χ1) is 7.28. The van der Waals surface area contributed by atoms with Crippen LogP contribution in [0.2, 0.25) is 0 Å². The number of ether oxygens (including phenoxy) is 1. The molecule has 0 aliphatic carbocycles. The van der Waals surface area contributed by atoms with E-state index in [4.69, 9.17) is 4.74 Å². The van der Waals surface area contributed by atoms with E-state index in [1.807, 2.05) is 32.5 Å². The highest BCUT2D eigenvalue weighted by Gasteiger charge is 2.33. The van der Waals surface area contributed by atoms with Crippen molar-refractivity contribution in [2.75, 3.05) is 18.8 Å². The molecule has 0 radical (unpaired) electrons. The number of hydrogen-bond donors (Lipinski definition) is 0. The van der Waals surface area contributed by atoms with E-state index in [0.717, 1.165) is 18.8 Å². The zero-order valence-corrected chi connectivity index (χ0v) is 11.8. The summed E-state index contributed by atoms with van der Waals surface area (Å²) in [5.74, 6) is 1.80. The van der Waals surface area contributed by atoms with Gasteiger partial charge in [-0.2, -0.15) is 11.8 Å². The molecule has 1 aliphatic heterocycles. The third-order valence-corrected chi connectivity index (χ3v) is 3.60. The molecule has 1 rings (SSSR count). The maximum absolute atomic E-state index is 11.6. The highest BCUT2D eigenvalue weighted by molar-refractivity contribution is 7.99. The Morgan fingerprint density at radius 2 is 2.00 bits per heavy atom. The summed E-state index contributed by atoms with van der Waals surface area (Å²) in [7, 11) is 0. The predicted octanol–water partition coefficient (Wildman–Crippen LogP) is 2.99. The Hall–Kier alpha value is -0.380. The fraction of sp³-hybridized carbons (Fsp3) is 0.917. The molecule has 4 heteroatoms. The Labute approximate surface area is 103 Å². The van der Waals surface area contributed by atoms with Gasteiger partial charge in [0, 0.05) is 19.0 Å². The number of amides is 1. The molecule has 1 amide bonds. The van der Waals surface area contributed by atoms with Gasteiger partial charge in [-0.15, -0.1) is 0 Å². The van der Waals surface area contributed by atoms with Crippen LogP contribution in [0.4, 0.5) is 4.79 Å². The van der Waals surface area contributed by atoms with Crippen molar-refractivity contribution in [3.05, 3.63) is 0 Å². The summed E-state index contributed by atoms with van der Waals surface area (Å²) in [5, 5.41) is 0.676. The molecule has 1 saturated heterocycles. The van der Waals surface area contributed by atoms with Gasteiger partial charge in [0.25, 0.3) is 0 Å². The Morgan fingerprint density at radius 3 is 2.44 bits per heavy atom. The molecule has 0 saturated carbocycles. The number of carbonyl (C=O) groups is 1. The number of likely N-dealkylation sites (tertiary alicyclic amines) is 1. The minimum absolute atomic E-state index is 0.168. The zero-order chi connectivity index (χ0) is 12.3. The van der Waals surface area contributed by atoms with Crippen molar-refractivity contribution >= 4 is 17.9 Å². The second-order valence-corrected chi connectivity index (χ2v) is 7.24. The number of carbonyl (C=O) groups excluding carboxylic acids is 1. The normalized spacial score (nSPS) is 17.5. The maximum atomic E-state index is 11.6. The van der Waals surface area contributed by atoms with Gasteiger partial charge >= 0.3 is 6.09 Å². The summed E-state index contributed by atoms with van der Waals surface area (Å²) in [4.78, 5) is 13.4. The maximum Gasteiger partial charge on any atom is 0.410 e. The van der Waals surface area contributed by atoms with Crippen molar-refractivity contribution in [3.8, 4) is 0 Å². The summed E-state index contributed by atoms with van der Waals surface area (Å²) < 4.78 is 5.30. The number of nitrogens with zero attached hydrogens (tertiary/aromatic N) is 1. The SMILES string of the molecule is CC(C)SCC1CN(C(=O)OC(C)(C)C)C1. The lowest BCUT2D eigenvalue weighted by Crippen LogP contribution is -2.52. The van der Waals surface area contributed by atoms with Gasteiger partial charge in [0.05, 0.1) is 0 Å². The van der Waals surface area contributed by atoms with Gasteiger partial charge < -0.3 is 9.64 Å². The van der Waals surface area contributed by atoms with E-state index >= 15 is 0 Å². The van der Waals surface area contributed by atoms with Crippen LogP contribution in [0.3, 0.4) is 0 Å². The van der Waals surface area contributed by atoms with Crippen LogP contribution in [0.25, 0.3) is 0 Å². The predicted molar refractivity (Wildman–Crippen MR) is 68.9 cm³/mol. The number of thioether (sulfide) groups is 1. The van der Waals surface area contributed by atoms with Gasteiger partial charge in [-0.05, 0) is 31.8 Å². The molecule has 0 bridgehead atoms. The first kappa shape index (κ1) is 13.7. The fourth-order valence-electron chi connectivity index (χ4n) is 1.48. The molecule has 1 heterocycles. The van der Waals surface area contributed by atoms with Crippen LogP contribution in [-0.2, 0) is 4.74 Å². The molecule has 16 heavy (non-hydrogen) atoms. The molecule has 0 aromatic carbocycles. The van der Waals surface area contributed by atoms with E-state index < -0.39 is 0 Å². The van der Waals surface area contributed by atoms with Gasteiger partial charge in [0.2, 0.25) is 0 Å². The first-order valence-corrected chi connectivity index (χ1v) is 6.92. The lowest BCUT2D eigenvalue weighted by Gasteiger charge is -2.39. The van der Waals surface area contributed by atoms with Gasteiger partial charge in [-0.3, -0.25) is 0 Å². The fourth-order valence-corrected chi connectivity index (χ4v) is 2.35. The van der Waals surface area contributed by atoms with E-state index in [0.29, 0.717) is 11.2 Å². The van der Waals surface area contributed by atoms with Crippen LogP contribution >= 0.6 is 11.8 Å². The van der Waals surface area contributed by atoms with E-state index in [-0.39, 0.29) is 11.7 Å². The van der Waals surface area contributed by atoms with Gasteiger partial charge in [-0.1, -0.05) is 13.8 Å².